The third-order valence-corrected chi connectivity index (χ3v) is 2.79. The molecule has 0 saturated heterocycles. The lowest BCUT2D eigenvalue weighted by atomic mass is 10.1. The van der Waals surface area contributed by atoms with Crippen LogP contribution in [0.3, 0.4) is 0 Å². The average Bonchev–Trinajstić information content (AvgIpc) is 2.76. The fraction of sp³-hybridized carbons (Fsp3) is 0.308. The van der Waals surface area contributed by atoms with E-state index in [1.807, 2.05) is 0 Å². The van der Waals surface area contributed by atoms with Gasteiger partial charge in [0.15, 0.2) is 5.65 Å². The first kappa shape index (κ1) is 12.9. The standard InChI is InChI=1S/C13H14N4O2/c1-3-4-5-6-14-11-9-8-16-17(2)12(9)15-7-10(11)13(18)19/h1,7-8H,4-6H2,2H3,(H,14,15)(H,18,19). The number of hydrogen-bond donors (Lipinski definition) is 2. The molecule has 0 saturated carbocycles. The Morgan fingerprint density at radius 1 is 1.58 bits per heavy atom. The Morgan fingerprint density at radius 3 is 3.05 bits per heavy atom. The first-order valence-corrected chi connectivity index (χ1v) is 5.86. The summed E-state index contributed by atoms with van der Waals surface area (Å²) in [5.41, 5.74) is 1.33. The first-order valence-electron chi connectivity index (χ1n) is 5.86. The molecule has 0 bridgehead atoms. The van der Waals surface area contributed by atoms with Crippen molar-refractivity contribution in [3.8, 4) is 12.3 Å². The van der Waals surface area contributed by atoms with Gasteiger partial charge in [0.1, 0.15) is 5.56 Å². The van der Waals surface area contributed by atoms with Gasteiger partial charge in [-0.05, 0) is 6.42 Å². The number of carbonyl (C=O) groups is 1. The van der Waals surface area contributed by atoms with Gasteiger partial charge in [0.2, 0.25) is 0 Å². The summed E-state index contributed by atoms with van der Waals surface area (Å²) in [4.78, 5) is 15.3. The van der Waals surface area contributed by atoms with E-state index in [0.29, 0.717) is 29.7 Å². The van der Waals surface area contributed by atoms with Crippen LogP contribution < -0.4 is 5.32 Å². The monoisotopic (exact) mass is 258 g/mol. The van der Waals surface area contributed by atoms with E-state index in [1.165, 1.54) is 6.20 Å². The number of terminal acetylenes is 1. The fourth-order valence-electron chi connectivity index (χ4n) is 1.85. The molecule has 0 aliphatic carbocycles. The second-order valence-electron chi connectivity index (χ2n) is 4.09. The number of nitrogens with one attached hydrogen (secondary N) is 1. The van der Waals surface area contributed by atoms with Crippen molar-refractivity contribution in [3.05, 3.63) is 18.0 Å². The van der Waals surface area contributed by atoms with Gasteiger partial charge in [0.25, 0.3) is 0 Å². The molecule has 2 rings (SSSR count). The van der Waals surface area contributed by atoms with Gasteiger partial charge in [0.05, 0.1) is 17.3 Å². The van der Waals surface area contributed by atoms with Crippen LogP contribution in [-0.2, 0) is 7.05 Å². The largest absolute Gasteiger partial charge is 0.478 e. The van der Waals surface area contributed by atoms with Crippen LogP contribution >= 0.6 is 0 Å². The van der Waals surface area contributed by atoms with Crippen LogP contribution in [0.1, 0.15) is 23.2 Å². The van der Waals surface area contributed by atoms with E-state index in [0.717, 1.165) is 6.42 Å². The van der Waals surface area contributed by atoms with E-state index in [9.17, 15) is 9.90 Å². The number of pyridine rings is 1. The van der Waals surface area contributed by atoms with Crippen LogP contribution in [0.5, 0.6) is 0 Å². The van der Waals surface area contributed by atoms with Gasteiger partial charge in [-0.25, -0.2) is 9.78 Å². The van der Waals surface area contributed by atoms with Crippen LogP contribution in [0.4, 0.5) is 5.69 Å². The number of anilines is 1. The number of aryl methyl sites for hydroxylation is 1. The predicted octanol–water partition coefficient (Wildman–Crippen LogP) is 1.49. The van der Waals surface area contributed by atoms with Gasteiger partial charge in [-0.2, -0.15) is 5.10 Å². The Labute approximate surface area is 110 Å². The highest BCUT2D eigenvalue weighted by atomic mass is 16.4. The molecule has 0 aromatic carbocycles. The zero-order chi connectivity index (χ0) is 13.8. The van der Waals surface area contributed by atoms with E-state index < -0.39 is 5.97 Å². The summed E-state index contributed by atoms with van der Waals surface area (Å²) in [5, 5.41) is 17.1. The number of fused-ring (bicyclic) bond motifs is 1. The zero-order valence-electron chi connectivity index (χ0n) is 10.6. The summed E-state index contributed by atoms with van der Waals surface area (Å²) in [6.45, 7) is 0.610. The van der Waals surface area contributed by atoms with E-state index in [1.54, 1.807) is 17.9 Å². The van der Waals surface area contributed by atoms with Crippen LogP contribution in [0.25, 0.3) is 11.0 Å². The van der Waals surface area contributed by atoms with Gasteiger partial charge in [0, 0.05) is 26.2 Å². The molecule has 2 heterocycles. The lowest BCUT2D eigenvalue weighted by molar-refractivity contribution is 0.0697. The Hall–Kier alpha value is -2.55. The molecule has 2 N–H and O–H groups in total. The second-order valence-corrected chi connectivity index (χ2v) is 4.09. The molecule has 0 aliphatic rings. The van der Waals surface area contributed by atoms with E-state index in [2.05, 4.69) is 21.3 Å². The van der Waals surface area contributed by atoms with E-state index in [-0.39, 0.29) is 5.56 Å². The molecule has 6 nitrogen and oxygen atoms in total. The molecule has 0 atom stereocenters. The van der Waals surface area contributed by atoms with Crippen LogP contribution in [0.2, 0.25) is 0 Å². The minimum atomic E-state index is -1.02. The number of unbranched alkanes of at least 4 members (excludes halogenated alkanes) is 1. The summed E-state index contributed by atoms with van der Waals surface area (Å²) in [5.74, 6) is 1.53. The van der Waals surface area contributed by atoms with Crippen molar-refractivity contribution >= 4 is 22.7 Å². The Morgan fingerprint density at radius 2 is 2.37 bits per heavy atom. The molecular formula is C13H14N4O2. The van der Waals surface area contributed by atoms with E-state index in [4.69, 9.17) is 6.42 Å². The molecule has 2 aromatic rings. The molecule has 0 unspecified atom stereocenters. The normalized spacial score (nSPS) is 10.3. The maximum absolute atomic E-state index is 11.2. The summed E-state index contributed by atoms with van der Waals surface area (Å²) in [6, 6.07) is 0. The van der Waals surface area contributed by atoms with Crippen molar-refractivity contribution in [2.24, 2.45) is 7.05 Å². The highest BCUT2D eigenvalue weighted by molar-refractivity contribution is 6.03. The summed E-state index contributed by atoms with van der Waals surface area (Å²) in [7, 11) is 1.76. The molecule has 0 fully saturated rings. The molecule has 0 spiro atoms. The van der Waals surface area contributed by atoms with Gasteiger partial charge in [-0.15, -0.1) is 12.3 Å². The molecule has 98 valence electrons. The second kappa shape index (κ2) is 5.40. The molecule has 6 heteroatoms. The smallest absolute Gasteiger partial charge is 0.339 e. The van der Waals surface area contributed by atoms with Crippen LogP contribution in [0.15, 0.2) is 12.4 Å². The average molecular weight is 258 g/mol. The van der Waals surface area contributed by atoms with E-state index >= 15 is 0 Å². The highest BCUT2D eigenvalue weighted by Crippen LogP contribution is 2.25. The van der Waals surface area contributed by atoms with Gasteiger partial charge in [-0.3, -0.25) is 4.68 Å². The first-order chi connectivity index (χ1) is 9.15. The summed E-state index contributed by atoms with van der Waals surface area (Å²) < 4.78 is 1.60. The van der Waals surface area contributed by atoms with Crippen molar-refractivity contribution < 1.29 is 9.90 Å². The number of aromatic carboxylic acids is 1. The maximum Gasteiger partial charge on any atom is 0.339 e. The number of hydrogen-bond acceptors (Lipinski definition) is 4. The number of carboxylic acid groups (broad SMARTS) is 1. The van der Waals surface area contributed by atoms with Crippen molar-refractivity contribution in [1.29, 1.82) is 0 Å². The lowest BCUT2D eigenvalue weighted by Gasteiger charge is -2.09. The number of rotatable bonds is 5. The quantitative estimate of drug-likeness (QED) is 0.627. The highest BCUT2D eigenvalue weighted by Gasteiger charge is 2.16. The minimum Gasteiger partial charge on any atom is -0.478 e. The van der Waals surface area contributed by atoms with Crippen molar-refractivity contribution in [2.75, 3.05) is 11.9 Å². The summed E-state index contributed by atoms with van der Waals surface area (Å²) in [6.07, 6.45) is 9.56. The summed E-state index contributed by atoms with van der Waals surface area (Å²) >= 11 is 0. The fourth-order valence-corrected chi connectivity index (χ4v) is 1.85. The molecule has 0 radical (unpaired) electrons. The van der Waals surface area contributed by atoms with Crippen LogP contribution in [0, 0.1) is 12.3 Å². The molecular weight excluding hydrogens is 244 g/mol. The predicted molar refractivity (Wildman–Crippen MR) is 72.0 cm³/mol. The number of nitrogens with zero attached hydrogens (tertiary/aromatic N) is 3. The van der Waals surface area contributed by atoms with Crippen molar-refractivity contribution in [3.63, 3.8) is 0 Å². The Kier molecular flexibility index (Phi) is 3.66. The van der Waals surface area contributed by atoms with Gasteiger partial charge < -0.3 is 10.4 Å². The Balaban J connectivity index is 2.39. The SMILES string of the molecule is C#CCCCNc1c(C(=O)O)cnc2c1cnn2C. The lowest BCUT2D eigenvalue weighted by Crippen LogP contribution is -2.09. The Bertz CT molecular complexity index is 654. The van der Waals surface area contributed by atoms with Gasteiger partial charge in [-0.1, -0.05) is 0 Å². The molecule has 2 aromatic heterocycles. The number of carboxylic acids is 1. The third kappa shape index (κ3) is 2.50. The minimum absolute atomic E-state index is 0.140. The number of aromatic nitrogens is 3. The van der Waals surface area contributed by atoms with Gasteiger partial charge >= 0.3 is 5.97 Å². The zero-order valence-corrected chi connectivity index (χ0v) is 10.6. The van der Waals surface area contributed by atoms with Crippen molar-refractivity contribution in [1.82, 2.24) is 14.8 Å². The molecule has 0 amide bonds. The van der Waals surface area contributed by atoms with Crippen LogP contribution in [-0.4, -0.2) is 32.4 Å². The van der Waals surface area contributed by atoms with Crippen molar-refractivity contribution in [2.45, 2.75) is 12.8 Å². The maximum atomic E-state index is 11.2. The molecule has 0 aliphatic heterocycles. The third-order valence-electron chi connectivity index (χ3n) is 2.79. The topological polar surface area (TPSA) is 80.0 Å². The molecule has 19 heavy (non-hydrogen) atoms.